The van der Waals surface area contributed by atoms with Crippen LogP contribution in [0.5, 0.6) is 0 Å². The molecule has 56 heavy (non-hydrogen) atoms. The fourth-order valence-corrected chi connectivity index (χ4v) is 3.68. The molecule has 0 radical (unpaired) electrons. The van der Waals surface area contributed by atoms with Crippen molar-refractivity contribution in [2.45, 2.75) is 40.2 Å². The number of carbonyl (C=O) groups excluding carboxylic acids is 6. The van der Waals surface area contributed by atoms with Crippen molar-refractivity contribution < 1.29 is 107 Å². The summed E-state index contributed by atoms with van der Waals surface area (Å²) < 4.78 is 46.4. The monoisotopic (exact) mass is 816 g/mol. The average Bonchev–Trinajstić information content (AvgIpc) is 4.02. The number of aliphatic hydroxyl groups excluding tert-OH is 7. The minimum absolute atomic E-state index is 0.102. The van der Waals surface area contributed by atoms with E-state index in [1.54, 1.807) is 0 Å². The molecule has 0 spiro atoms. The first-order valence-electron chi connectivity index (χ1n) is 17.3. The molecule has 22 heteroatoms. The van der Waals surface area contributed by atoms with Crippen molar-refractivity contribution in [1.29, 1.82) is 0 Å². The van der Waals surface area contributed by atoms with E-state index in [4.69, 9.17) is 42.6 Å². The van der Waals surface area contributed by atoms with Gasteiger partial charge in [-0.1, -0.05) is 0 Å². The summed E-state index contributed by atoms with van der Waals surface area (Å²) in [5, 5.41) is 66.2. The van der Waals surface area contributed by atoms with Crippen LogP contribution in [0.2, 0.25) is 0 Å². The zero-order valence-corrected chi connectivity index (χ0v) is 32.3. The Morgan fingerprint density at radius 3 is 1.02 bits per heavy atom. The average molecular weight is 817 g/mol. The number of hydrogen-bond acceptors (Lipinski definition) is 22. The zero-order chi connectivity index (χ0) is 42.8. The molecule has 0 bridgehead atoms. The van der Waals surface area contributed by atoms with Crippen molar-refractivity contribution in [2.24, 2.45) is 27.1 Å². The molecule has 2 unspecified atom stereocenters. The second-order valence-corrected chi connectivity index (χ2v) is 14.7. The van der Waals surface area contributed by atoms with Crippen LogP contribution in [0, 0.1) is 27.1 Å². The Kier molecular flexibility index (Phi) is 20.2. The second kappa shape index (κ2) is 22.4. The van der Waals surface area contributed by atoms with Gasteiger partial charge in [-0.2, -0.15) is 0 Å². The van der Waals surface area contributed by atoms with Gasteiger partial charge in [0.1, 0.15) is 73.5 Å². The minimum Gasteiger partial charge on any atom is -0.464 e. The first-order valence-corrected chi connectivity index (χ1v) is 17.3. The van der Waals surface area contributed by atoms with E-state index in [9.17, 15) is 64.5 Å². The Bertz CT molecular complexity index is 1270. The van der Waals surface area contributed by atoms with Crippen LogP contribution in [-0.4, -0.2) is 190 Å². The number of ether oxygens (including phenoxy) is 9. The van der Waals surface area contributed by atoms with Crippen LogP contribution in [0.25, 0.3) is 0 Å². The Labute approximate surface area is 322 Å². The van der Waals surface area contributed by atoms with Crippen molar-refractivity contribution >= 4 is 35.8 Å². The van der Waals surface area contributed by atoms with Gasteiger partial charge in [-0.3, -0.25) is 24.0 Å². The summed E-state index contributed by atoms with van der Waals surface area (Å²) in [6, 6.07) is 0. The molecule has 1 aliphatic heterocycles. The van der Waals surface area contributed by atoms with E-state index in [0.29, 0.717) is 0 Å². The number of aliphatic hydroxyl groups is 7. The summed E-state index contributed by atoms with van der Waals surface area (Å²) in [5.74, 6) is -6.14. The van der Waals surface area contributed by atoms with Gasteiger partial charge in [-0.05, 0) is 34.6 Å². The first-order chi connectivity index (χ1) is 26.2. The van der Waals surface area contributed by atoms with Crippen molar-refractivity contribution in [3.05, 3.63) is 0 Å². The quantitative estimate of drug-likeness (QED) is 0.0124. The molecule has 7 N–H and O–H groups in total. The molecule has 1 aliphatic rings. The van der Waals surface area contributed by atoms with E-state index in [1.807, 2.05) is 0 Å². The van der Waals surface area contributed by atoms with Crippen LogP contribution in [0.3, 0.4) is 0 Å². The fraction of sp³-hybridized carbons (Fsp3) is 0.824. The summed E-state index contributed by atoms with van der Waals surface area (Å²) in [5.41, 5.74) is -10.3. The van der Waals surface area contributed by atoms with E-state index in [-0.39, 0.29) is 39.8 Å². The predicted octanol–water partition coefficient (Wildman–Crippen LogP) is -4.02. The van der Waals surface area contributed by atoms with Gasteiger partial charge in [-0.25, -0.2) is 4.79 Å². The number of rotatable bonds is 29. The first kappa shape index (κ1) is 50.4. The number of epoxide rings is 1. The SMILES string of the molecule is CC(CO)(CO)C(=O)OCC(C)(COC(=O)C(C)(CO)CO)C(=O)OCCOCOCCOC(=O)C(C)(COC(=O)C(C)(CO)CO)COC(=O)C1(CO)CO1. The van der Waals surface area contributed by atoms with Crippen LogP contribution in [0.4, 0.5) is 0 Å². The lowest BCUT2D eigenvalue weighted by molar-refractivity contribution is -0.180. The Hall–Kier alpha value is -3.58. The van der Waals surface area contributed by atoms with Gasteiger partial charge in [0, 0.05) is 0 Å². The number of esters is 6. The lowest BCUT2D eigenvalue weighted by atomic mass is 9.90. The molecule has 1 rings (SSSR count). The smallest absolute Gasteiger partial charge is 0.343 e. The van der Waals surface area contributed by atoms with Gasteiger partial charge >= 0.3 is 35.8 Å². The number of carbonyl (C=O) groups is 6. The third-order valence-electron chi connectivity index (χ3n) is 8.85. The third-order valence-corrected chi connectivity index (χ3v) is 8.85. The van der Waals surface area contributed by atoms with Gasteiger partial charge in [0.15, 0.2) is 0 Å². The standard InChI is InChI=1S/C34H56O22/c1-29(10-35,11-36)23(42)52-17-32(4,18-53-24(43)30(2,12-37)13-38)26(45)50-8-6-48-22-49-7-9-51-27(46)33(5,19-54-25(44)31(3,14-39)15-40)20-55-28(47)34(16-41)21-56-34/h35-41H,6-22H2,1-5H3. The van der Waals surface area contributed by atoms with Gasteiger partial charge in [0.2, 0.25) is 5.60 Å². The Morgan fingerprint density at radius 1 is 0.464 bits per heavy atom. The van der Waals surface area contributed by atoms with Crippen molar-refractivity contribution in [2.75, 3.05) is 113 Å². The summed E-state index contributed by atoms with van der Waals surface area (Å²) >= 11 is 0. The molecular weight excluding hydrogens is 760 g/mol. The molecule has 0 saturated carbocycles. The molecule has 1 fully saturated rings. The molecule has 0 amide bonds. The maximum atomic E-state index is 13.1. The van der Waals surface area contributed by atoms with Crippen molar-refractivity contribution in [3.8, 4) is 0 Å². The van der Waals surface area contributed by atoms with Crippen LogP contribution >= 0.6 is 0 Å². The maximum Gasteiger partial charge on any atom is 0.343 e. The molecule has 1 heterocycles. The highest BCUT2D eigenvalue weighted by Gasteiger charge is 2.54. The van der Waals surface area contributed by atoms with Gasteiger partial charge in [0.25, 0.3) is 0 Å². The molecule has 22 nitrogen and oxygen atoms in total. The summed E-state index contributed by atoms with van der Waals surface area (Å²) in [6.07, 6.45) is 0. The van der Waals surface area contributed by atoms with Crippen LogP contribution in [-0.2, 0) is 71.4 Å². The molecule has 2 atom stereocenters. The summed E-state index contributed by atoms with van der Waals surface area (Å²) in [4.78, 5) is 75.9. The second-order valence-electron chi connectivity index (χ2n) is 14.7. The summed E-state index contributed by atoms with van der Waals surface area (Å²) in [6.45, 7) is -3.67. The molecule has 0 aromatic heterocycles. The van der Waals surface area contributed by atoms with Crippen molar-refractivity contribution in [3.63, 3.8) is 0 Å². The molecule has 0 aliphatic carbocycles. The van der Waals surface area contributed by atoms with Crippen LogP contribution < -0.4 is 0 Å². The van der Waals surface area contributed by atoms with E-state index >= 15 is 0 Å². The lowest BCUT2D eigenvalue weighted by Gasteiger charge is -2.30. The molecular formula is C34H56O22. The molecule has 1 saturated heterocycles. The largest absolute Gasteiger partial charge is 0.464 e. The van der Waals surface area contributed by atoms with E-state index in [2.05, 4.69) is 0 Å². The van der Waals surface area contributed by atoms with Gasteiger partial charge in [0.05, 0.1) is 66.1 Å². The lowest BCUT2D eigenvalue weighted by Crippen LogP contribution is -2.45. The highest BCUT2D eigenvalue weighted by molar-refractivity contribution is 5.84. The van der Waals surface area contributed by atoms with Gasteiger partial charge < -0.3 is 78.4 Å². The van der Waals surface area contributed by atoms with Crippen molar-refractivity contribution in [1.82, 2.24) is 0 Å². The maximum absolute atomic E-state index is 13.1. The highest BCUT2D eigenvalue weighted by atomic mass is 16.7. The normalized spacial score (nSPS) is 16.9. The van der Waals surface area contributed by atoms with Crippen LogP contribution in [0.15, 0.2) is 0 Å². The topological polar surface area (TPSA) is 330 Å². The fourth-order valence-electron chi connectivity index (χ4n) is 3.68. The van der Waals surface area contributed by atoms with E-state index < -0.39 is 141 Å². The Morgan fingerprint density at radius 2 is 0.750 bits per heavy atom. The minimum atomic E-state index is -1.84. The van der Waals surface area contributed by atoms with Crippen LogP contribution in [0.1, 0.15) is 34.6 Å². The molecule has 0 aromatic carbocycles. The highest BCUT2D eigenvalue weighted by Crippen LogP contribution is 2.30. The Balaban J connectivity index is 2.71. The third kappa shape index (κ3) is 13.8. The number of hydrogen-bond donors (Lipinski definition) is 7. The van der Waals surface area contributed by atoms with E-state index in [0.717, 1.165) is 0 Å². The summed E-state index contributed by atoms with van der Waals surface area (Å²) in [7, 11) is 0. The van der Waals surface area contributed by atoms with E-state index in [1.165, 1.54) is 34.6 Å². The predicted molar refractivity (Wildman–Crippen MR) is 181 cm³/mol. The molecule has 0 aromatic rings. The van der Waals surface area contributed by atoms with Gasteiger partial charge in [-0.15, -0.1) is 0 Å². The zero-order valence-electron chi connectivity index (χ0n) is 32.3. The molecule has 324 valence electrons.